The van der Waals surface area contributed by atoms with E-state index in [1.54, 1.807) is 0 Å². The van der Waals surface area contributed by atoms with E-state index in [4.69, 9.17) is 10.8 Å². The summed E-state index contributed by atoms with van der Waals surface area (Å²) >= 11 is 0. The number of benzene rings is 1. The van der Waals surface area contributed by atoms with Crippen molar-refractivity contribution in [2.24, 2.45) is 5.73 Å². The molecule has 1 aromatic carbocycles. The van der Waals surface area contributed by atoms with Crippen LogP contribution in [0.4, 0.5) is 0 Å². The van der Waals surface area contributed by atoms with Crippen molar-refractivity contribution in [1.82, 2.24) is 0 Å². The van der Waals surface area contributed by atoms with Crippen LogP contribution in [0.15, 0.2) is 12.1 Å². The zero-order chi connectivity index (χ0) is 10.7. The molecule has 0 aliphatic heterocycles. The van der Waals surface area contributed by atoms with Gasteiger partial charge in [-0.05, 0) is 6.42 Å². The van der Waals surface area contributed by atoms with Crippen molar-refractivity contribution in [2.75, 3.05) is 0 Å². The smallest absolute Gasteiger partial charge is 0.127 e. The van der Waals surface area contributed by atoms with Gasteiger partial charge in [-0.1, -0.05) is 13.3 Å². The second kappa shape index (κ2) is 4.19. The third kappa shape index (κ3) is 2.09. The molecule has 4 nitrogen and oxygen atoms in total. The molecule has 0 unspecified atom stereocenters. The average molecular weight is 197 g/mol. The fraction of sp³-hybridized carbons (Fsp3) is 0.400. The fourth-order valence-electron chi connectivity index (χ4n) is 1.44. The molecule has 0 saturated carbocycles. The Hall–Kier alpha value is -1.42. The first-order valence-corrected chi connectivity index (χ1v) is 4.56. The molecule has 5 N–H and O–H groups in total. The summed E-state index contributed by atoms with van der Waals surface area (Å²) in [5.74, 6) is -0.501. The molecular formula is C10H15NO3. The summed E-state index contributed by atoms with van der Waals surface area (Å²) < 4.78 is 0. The number of aromatic hydroxyl groups is 3. The van der Waals surface area contributed by atoms with Crippen LogP contribution < -0.4 is 5.73 Å². The molecule has 0 saturated heterocycles. The lowest BCUT2D eigenvalue weighted by Crippen LogP contribution is -2.10. The third-order valence-corrected chi connectivity index (χ3v) is 2.09. The predicted molar refractivity (Wildman–Crippen MR) is 53.3 cm³/mol. The van der Waals surface area contributed by atoms with E-state index >= 15 is 0 Å². The van der Waals surface area contributed by atoms with Gasteiger partial charge in [-0.2, -0.15) is 0 Å². The zero-order valence-corrected chi connectivity index (χ0v) is 8.07. The SMILES string of the molecule is CCC[C@H](N)c1c(O)cc(O)cc1O. The minimum Gasteiger partial charge on any atom is -0.508 e. The maximum atomic E-state index is 9.47. The van der Waals surface area contributed by atoms with Crippen LogP contribution >= 0.6 is 0 Å². The largest absolute Gasteiger partial charge is 0.508 e. The molecule has 1 aromatic rings. The summed E-state index contributed by atoms with van der Waals surface area (Å²) in [5.41, 5.74) is 6.05. The molecule has 0 aromatic heterocycles. The highest BCUT2D eigenvalue weighted by Crippen LogP contribution is 2.36. The molecule has 78 valence electrons. The molecule has 0 amide bonds. The lowest BCUT2D eigenvalue weighted by Gasteiger charge is -2.14. The topological polar surface area (TPSA) is 86.7 Å². The Bertz CT molecular complexity index is 302. The van der Waals surface area contributed by atoms with Crippen molar-refractivity contribution < 1.29 is 15.3 Å². The average Bonchev–Trinajstić information content (AvgIpc) is 2.01. The molecule has 0 radical (unpaired) electrons. The maximum Gasteiger partial charge on any atom is 0.127 e. The van der Waals surface area contributed by atoms with E-state index < -0.39 is 6.04 Å². The molecule has 14 heavy (non-hydrogen) atoms. The highest BCUT2D eigenvalue weighted by molar-refractivity contribution is 5.50. The van der Waals surface area contributed by atoms with Gasteiger partial charge in [0.1, 0.15) is 17.2 Å². The number of hydrogen-bond acceptors (Lipinski definition) is 4. The van der Waals surface area contributed by atoms with Crippen molar-refractivity contribution in [1.29, 1.82) is 0 Å². The number of rotatable bonds is 3. The Morgan fingerprint density at radius 1 is 1.21 bits per heavy atom. The lowest BCUT2D eigenvalue weighted by atomic mass is 10.0. The Morgan fingerprint density at radius 3 is 2.14 bits per heavy atom. The normalized spacial score (nSPS) is 12.7. The van der Waals surface area contributed by atoms with E-state index in [-0.39, 0.29) is 17.2 Å². The predicted octanol–water partition coefficient (Wildman–Crippen LogP) is 1.60. The summed E-state index contributed by atoms with van der Waals surface area (Å²) in [5, 5.41) is 28.0. The van der Waals surface area contributed by atoms with Crippen LogP contribution in [0.5, 0.6) is 17.2 Å². The van der Waals surface area contributed by atoms with Crippen LogP contribution in [0, 0.1) is 0 Å². The van der Waals surface area contributed by atoms with Gasteiger partial charge in [-0.3, -0.25) is 0 Å². The zero-order valence-electron chi connectivity index (χ0n) is 8.07. The van der Waals surface area contributed by atoms with Crippen LogP contribution in [-0.2, 0) is 0 Å². The highest BCUT2D eigenvalue weighted by atomic mass is 16.3. The molecule has 0 aliphatic rings. The van der Waals surface area contributed by atoms with Gasteiger partial charge in [-0.25, -0.2) is 0 Å². The second-order valence-corrected chi connectivity index (χ2v) is 3.29. The van der Waals surface area contributed by atoms with Gasteiger partial charge >= 0.3 is 0 Å². The first-order valence-electron chi connectivity index (χ1n) is 4.56. The van der Waals surface area contributed by atoms with Crippen molar-refractivity contribution >= 4 is 0 Å². The Balaban J connectivity index is 3.07. The maximum absolute atomic E-state index is 9.47. The molecule has 4 heteroatoms. The molecule has 0 spiro atoms. The quantitative estimate of drug-likeness (QED) is 0.592. The molecular weight excluding hydrogens is 182 g/mol. The fourth-order valence-corrected chi connectivity index (χ4v) is 1.44. The summed E-state index contributed by atoms with van der Waals surface area (Å²) in [6.07, 6.45) is 1.53. The molecule has 1 atom stereocenters. The minimum absolute atomic E-state index is 0.163. The Kier molecular flexibility index (Phi) is 3.19. The van der Waals surface area contributed by atoms with Crippen LogP contribution in [0.25, 0.3) is 0 Å². The monoisotopic (exact) mass is 197 g/mol. The molecule has 0 heterocycles. The first kappa shape index (κ1) is 10.7. The van der Waals surface area contributed by atoms with Gasteiger partial charge in [0.05, 0.1) is 5.56 Å². The number of nitrogens with two attached hydrogens (primary N) is 1. The van der Waals surface area contributed by atoms with Gasteiger partial charge in [-0.15, -0.1) is 0 Å². The van der Waals surface area contributed by atoms with Crippen LogP contribution in [0.3, 0.4) is 0 Å². The van der Waals surface area contributed by atoms with E-state index in [2.05, 4.69) is 0 Å². The van der Waals surface area contributed by atoms with E-state index in [0.29, 0.717) is 12.0 Å². The Labute approximate surface area is 82.6 Å². The summed E-state index contributed by atoms with van der Waals surface area (Å²) in [6, 6.07) is 1.94. The van der Waals surface area contributed by atoms with E-state index in [9.17, 15) is 10.2 Å². The minimum atomic E-state index is -0.402. The van der Waals surface area contributed by atoms with Gasteiger partial charge in [0.15, 0.2) is 0 Å². The standard InChI is InChI=1S/C10H15NO3/c1-2-3-7(11)10-8(13)4-6(12)5-9(10)14/h4-5,7,12-14H,2-3,11H2,1H3/t7-/m0/s1. The van der Waals surface area contributed by atoms with Crippen molar-refractivity contribution in [3.05, 3.63) is 17.7 Å². The van der Waals surface area contributed by atoms with Crippen LogP contribution in [0.1, 0.15) is 31.4 Å². The first-order chi connectivity index (χ1) is 6.56. The van der Waals surface area contributed by atoms with Gasteiger partial charge in [0.2, 0.25) is 0 Å². The summed E-state index contributed by atoms with van der Waals surface area (Å²) in [4.78, 5) is 0. The van der Waals surface area contributed by atoms with E-state index in [1.165, 1.54) is 12.1 Å². The van der Waals surface area contributed by atoms with Crippen molar-refractivity contribution in [3.63, 3.8) is 0 Å². The van der Waals surface area contributed by atoms with Crippen molar-refractivity contribution in [3.8, 4) is 17.2 Å². The third-order valence-electron chi connectivity index (χ3n) is 2.09. The summed E-state index contributed by atoms with van der Waals surface area (Å²) in [6.45, 7) is 1.97. The second-order valence-electron chi connectivity index (χ2n) is 3.29. The van der Waals surface area contributed by atoms with Crippen LogP contribution in [0.2, 0.25) is 0 Å². The van der Waals surface area contributed by atoms with Crippen molar-refractivity contribution in [2.45, 2.75) is 25.8 Å². The van der Waals surface area contributed by atoms with Gasteiger partial charge in [0.25, 0.3) is 0 Å². The number of phenolic OH excluding ortho intramolecular Hbond substituents is 3. The van der Waals surface area contributed by atoms with Gasteiger partial charge in [0, 0.05) is 18.2 Å². The molecule has 0 aliphatic carbocycles. The number of hydrogen-bond donors (Lipinski definition) is 4. The summed E-state index contributed by atoms with van der Waals surface area (Å²) in [7, 11) is 0. The lowest BCUT2D eigenvalue weighted by molar-refractivity contribution is 0.409. The Morgan fingerprint density at radius 2 is 1.71 bits per heavy atom. The molecule has 0 fully saturated rings. The molecule has 0 bridgehead atoms. The van der Waals surface area contributed by atoms with E-state index in [0.717, 1.165) is 6.42 Å². The van der Waals surface area contributed by atoms with Crippen LogP contribution in [-0.4, -0.2) is 15.3 Å². The van der Waals surface area contributed by atoms with E-state index in [1.807, 2.05) is 6.92 Å². The highest BCUT2D eigenvalue weighted by Gasteiger charge is 2.16. The number of phenols is 3. The molecule has 1 rings (SSSR count). The van der Waals surface area contributed by atoms with Gasteiger partial charge < -0.3 is 21.1 Å².